The molecule has 3 unspecified atom stereocenters. The topological polar surface area (TPSA) is 75.9 Å². The van der Waals surface area contributed by atoms with Crippen LogP contribution in [0.2, 0.25) is 0 Å². The Morgan fingerprint density at radius 3 is 2.64 bits per heavy atom. The number of anilines is 1. The molecule has 2 fully saturated rings. The number of non-ortho nitro benzene ring substituents is 1. The van der Waals surface area contributed by atoms with Crippen molar-refractivity contribution in [3.63, 3.8) is 0 Å². The summed E-state index contributed by atoms with van der Waals surface area (Å²) >= 11 is 0. The first kappa shape index (κ1) is 18.6. The second-order valence-corrected chi connectivity index (χ2v) is 7.37. The third-order valence-corrected chi connectivity index (χ3v) is 5.43. The van der Waals surface area contributed by atoms with Crippen molar-refractivity contribution in [3.05, 3.63) is 70.3 Å². The number of carbonyl (C=O) groups excluding carboxylic acids is 1. The van der Waals surface area contributed by atoms with E-state index in [0.717, 1.165) is 5.56 Å². The lowest BCUT2D eigenvalue weighted by molar-refractivity contribution is -0.384. The fraction of sp³-hybridized carbons (Fsp3) is 0.381. The van der Waals surface area contributed by atoms with Crippen LogP contribution >= 0.6 is 0 Å². The van der Waals surface area contributed by atoms with E-state index in [1.165, 1.54) is 12.1 Å². The molecule has 2 heterocycles. The van der Waals surface area contributed by atoms with Crippen molar-refractivity contribution >= 4 is 17.3 Å². The van der Waals surface area contributed by atoms with E-state index >= 15 is 0 Å². The quantitative estimate of drug-likeness (QED) is 0.601. The smallest absolute Gasteiger partial charge is 0.271 e. The van der Waals surface area contributed by atoms with E-state index in [4.69, 9.17) is 4.74 Å². The van der Waals surface area contributed by atoms with Gasteiger partial charge in [0.05, 0.1) is 28.9 Å². The van der Waals surface area contributed by atoms with E-state index in [-0.39, 0.29) is 29.8 Å². The van der Waals surface area contributed by atoms with Gasteiger partial charge >= 0.3 is 0 Å². The maximum absolute atomic E-state index is 13.1. The standard InChI is InChI=1S/C21H23N3O4/c1-15-13-22(14-20(28-15)16-6-3-2-4-7-16)19-10-11-23(21(19)25)17-8-5-9-18(12-17)24(26)27/h2-9,12,15,19-20H,10-11,13-14H2,1H3. The van der Waals surface area contributed by atoms with E-state index in [1.807, 2.05) is 37.3 Å². The number of carbonyl (C=O) groups is 1. The summed E-state index contributed by atoms with van der Waals surface area (Å²) in [7, 11) is 0. The molecule has 2 saturated heterocycles. The lowest BCUT2D eigenvalue weighted by Crippen LogP contribution is -2.50. The maximum Gasteiger partial charge on any atom is 0.271 e. The highest BCUT2D eigenvalue weighted by Gasteiger charge is 2.40. The van der Waals surface area contributed by atoms with Gasteiger partial charge in [-0.2, -0.15) is 0 Å². The summed E-state index contributed by atoms with van der Waals surface area (Å²) in [6, 6.07) is 16.1. The molecular weight excluding hydrogens is 358 g/mol. The molecule has 0 N–H and O–H groups in total. The number of rotatable bonds is 4. The van der Waals surface area contributed by atoms with Gasteiger partial charge in [-0.05, 0) is 25.0 Å². The summed E-state index contributed by atoms with van der Waals surface area (Å²) in [5.41, 5.74) is 1.69. The first-order valence-electron chi connectivity index (χ1n) is 9.53. The minimum atomic E-state index is -0.435. The second-order valence-electron chi connectivity index (χ2n) is 7.37. The molecule has 0 saturated carbocycles. The van der Waals surface area contributed by atoms with Crippen molar-refractivity contribution in [1.29, 1.82) is 0 Å². The number of nitrogens with zero attached hydrogens (tertiary/aromatic N) is 3. The molecule has 2 aliphatic heterocycles. The predicted molar refractivity (Wildman–Crippen MR) is 105 cm³/mol. The largest absolute Gasteiger partial charge is 0.368 e. The lowest BCUT2D eigenvalue weighted by Gasteiger charge is -2.39. The summed E-state index contributed by atoms with van der Waals surface area (Å²) in [6.45, 7) is 3.95. The molecule has 0 aromatic heterocycles. The highest BCUT2D eigenvalue weighted by atomic mass is 16.6. The van der Waals surface area contributed by atoms with Crippen LogP contribution in [0, 0.1) is 10.1 Å². The van der Waals surface area contributed by atoms with Crippen molar-refractivity contribution in [1.82, 2.24) is 4.90 Å². The summed E-state index contributed by atoms with van der Waals surface area (Å²) in [5.74, 6) is 0.00131. The Balaban J connectivity index is 1.51. The van der Waals surface area contributed by atoms with Crippen molar-refractivity contribution < 1.29 is 14.5 Å². The van der Waals surface area contributed by atoms with Crippen molar-refractivity contribution in [2.24, 2.45) is 0 Å². The van der Waals surface area contributed by atoms with E-state index in [9.17, 15) is 14.9 Å². The number of hydrogen-bond acceptors (Lipinski definition) is 5. The number of ether oxygens (including phenoxy) is 1. The normalized spacial score (nSPS) is 25.8. The van der Waals surface area contributed by atoms with Gasteiger partial charge in [-0.15, -0.1) is 0 Å². The second kappa shape index (κ2) is 7.69. The molecule has 146 valence electrons. The van der Waals surface area contributed by atoms with Gasteiger partial charge in [0.1, 0.15) is 0 Å². The number of amides is 1. The zero-order valence-electron chi connectivity index (χ0n) is 15.7. The number of hydrogen-bond donors (Lipinski definition) is 0. The van der Waals surface area contributed by atoms with Crippen LogP contribution in [0.3, 0.4) is 0 Å². The predicted octanol–water partition coefficient (Wildman–Crippen LogP) is 3.16. The van der Waals surface area contributed by atoms with Gasteiger partial charge in [0.2, 0.25) is 5.91 Å². The van der Waals surface area contributed by atoms with Crippen LogP contribution in [-0.2, 0) is 9.53 Å². The van der Waals surface area contributed by atoms with Crippen LogP contribution < -0.4 is 4.90 Å². The van der Waals surface area contributed by atoms with Crippen LogP contribution in [0.5, 0.6) is 0 Å². The minimum absolute atomic E-state index is 0.00131. The Morgan fingerprint density at radius 2 is 1.89 bits per heavy atom. The fourth-order valence-corrected chi connectivity index (χ4v) is 4.12. The molecule has 28 heavy (non-hydrogen) atoms. The number of benzene rings is 2. The van der Waals surface area contributed by atoms with Crippen LogP contribution in [-0.4, -0.2) is 47.5 Å². The Hall–Kier alpha value is -2.77. The molecule has 7 heteroatoms. The Morgan fingerprint density at radius 1 is 1.11 bits per heavy atom. The SMILES string of the molecule is CC1CN(C2CCN(c3cccc([N+](=O)[O-])c3)C2=O)CC(c2ccccc2)O1. The summed E-state index contributed by atoms with van der Waals surface area (Å²) in [4.78, 5) is 27.6. The Labute approximate surface area is 163 Å². The Bertz CT molecular complexity index is 873. The van der Waals surface area contributed by atoms with Gasteiger partial charge in [0.25, 0.3) is 5.69 Å². The van der Waals surface area contributed by atoms with E-state index in [1.54, 1.807) is 17.0 Å². The molecule has 2 aromatic rings. The van der Waals surface area contributed by atoms with Crippen molar-refractivity contribution in [3.8, 4) is 0 Å². The van der Waals surface area contributed by atoms with Crippen LogP contribution in [0.1, 0.15) is 25.0 Å². The first-order chi connectivity index (χ1) is 13.5. The monoisotopic (exact) mass is 381 g/mol. The summed E-state index contributed by atoms with van der Waals surface area (Å²) < 4.78 is 6.11. The van der Waals surface area contributed by atoms with E-state index < -0.39 is 4.92 Å². The van der Waals surface area contributed by atoms with Crippen LogP contribution in [0.25, 0.3) is 0 Å². The zero-order chi connectivity index (χ0) is 19.7. The van der Waals surface area contributed by atoms with Crippen molar-refractivity contribution in [2.75, 3.05) is 24.5 Å². The molecule has 0 aliphatic carbocycles. The summed E-state index contributed by atoms with van der Waals surface area (Å²) in [5, 5.41) is 11.0. The van der Waals surface area contributed by atoms with Gasteiger partial charge in [0, 0.05) is 31.8 Å². The third-order valence-electron chi connectivity index (χ3n) is 5.43. The van der Waals surface area contributed by atoms with Crippen molar-refractivity contribution in [2.45, 2.75) is 31.6 Å². The van der Waals surface area contributed by atoms with Gasteiger partial charge in [-0.25, -0.2) is 0 Å². The fourth-order valence-electron chi connectivity index (χ4n) is 4.12. The molecule has 0 bridgehead atoms. The number of morpholine rings is 1. The van der Waals surface area contributed by atoms with Gasteiger partial charge < -0.3 is 9.64 Å². The maximum atomic E-state index is 13.1. The number of nitro groups is 1. The molecule has 0 spiro atoms. The molecule has 7 nitrogen and oxygen atoms in total. The highest BCUT2D eigenvalue weighted by molar-refractivity contribution is 5.99. The van der Waals surface area contributed by atoms with Gasteiger partial charge in [-0.1, -0.05) is 36.4 Å². The molecule has 1 amide bonds. The average molecular weight is 381 g/mol. The number of nitro benzene ring substituents is 1. The molecule has 3 atom stereocenters. The molecule has 2 aliphatic rings. The van der Waals surface area contributed by atoms with E-state index in [0.29, 0.717) is 31.7 Å². The van der Waals surface area contributed by atoms with Crippen LogP contribution in [0.15, 0.2) is 54.6 Å². The van der Waals surface area contributed by atoms with Crippen LogP contribution in [0.4, 0.5) is 11.4 Å². The average Bonchev–Trinajstić information content (AvgIpc) is 3.09. The Kier molecular flexibility index (Phi) is 5.11. The zero-order valence-corrected chi connectivity index (χ0v) is 15.7. The molecular formula is C21H23N3O4. The highest BCUT2D eigenvalue weighted by Crippen LogP contribution is 2.31. The van der Waals surface area contributed by atoms with Gasteiger partial charge in [0.15, 0.2) is 0 Å². The molecule has 4 rings (SSSR count). The molecule has 2 aromatic carbocycles. The minimum Gasteiger partial charge on any atom is -0.368 e. The molecule has 0 radical (unpaired) electrons. The van der Waals surface area contributed by atoms with E-state index in [2.05, 4.69) is 4.90 Å². The lowest BCUT2D eigenvalue weighted by atomic mass is 10.0. The first-order valence-corrected chi connectivity index (χ1v) is 9.53. The third kappa shape index (κ3) is 3.63. The summed E-state index contributed by atoms with van der Waals surface area (Å²) in [6.07, 6.45) is 0.665. The van der Waals surface area contributed by atoms with Gasteiger partial charge in [-0.3, -0.25) is 19.8 Å².